The van der Waals surface area contributed by atoms with Gasteiger partial charge in [0.25, 0.3) is 10.1 Å². The number of carboxylic acid groups (broad SMARTS) is 1. The van der Waals surface area contributed by atoms with Crippen molar-refractivity contribution in [3.8, 4) is 0 Å². The van der Waals surface area contributed by atoms with Crippen molar-refractivity contribution < 1.29 is 41.9 Å². The van der Waals surface area contributed by atoms with Crippen LogP contribution in [0.1, 0.15) is 61.3 Å². The predicted molar refractivity (Wildman–Crippen MR) is 114 cm³/mol. The third kappa shape index (κ3) is 9.12. The van der Waals surface area contributed by atoms with Crippen molar-refractivity contribution in [2.24, 2.45) is 17.3 Å². The highest BCUT2D eigenvalue weighted by Gasteiger charge is 2.59. The Kier molecular flexibility index (Phi) is 11.1. The predicted octanol–water partition coefficient (Wildman–Crippen LogP) is 1.31. The maximum atomic E-state index is 12.2. The Balaban J connectivity index is 5.54. The van der Waals surface area contributed by atoms with Crippen molar-refractivity contribution in [1.82, 2.24) is 5.32 Å². The summed E-state index contributed by atoms with van der Waals surface area (Å²) in [7, 11) is -4.05. The Morgan fingerprint density at radius 2 is 1.65 bits per heavy atom. The lowest BCUT2D eigenvalue weighted by atomic mass is 9.69. The number of carbonyl (C=O) groups is 3. The summed E-state index contributed by atoms with van der Waals surface area (Å²) in [6.45, 7) is 10.2. The molecule has 1 amide bonds. The summed E-state index contributed by atoms with van der Waals surface area (Å²) in [5.41, 5.74) is -4.25. The number of ether oxygens (including phenoxy) is 1. The minimum Gasteiger partial charge on any atom is -0.479 e. The quantitative estimate of drug-likeness (QED) is 0.195. The van der Waals surface area contributed by atoms with Gasteiger partial charge in [0.1, 0.15) is 6.10 Å². The van der Waals surface area contributed by atoms with Crippen molar-refractivity contribution in [3.63, 3.8) is 0 Å². The number of aliphatic carboxylic acids is 1. The van der Waals surface area contributed by atoms with Crippen LogP contribution >= 0.6 is 0 Å². The number of carboxylic acids is 1. The van der Waals surface area contributed by atoms with E-state index in [4.69, 9.17) is 8.92 Å². The molecule has 0 rings (SSSR count). The number of nitrogens with one attached hydrogen (secondary N) is 1. The van der Waals surface area contributed by atoms with Crippen LogP contribution in [0.3, 0.4) is 0 Å². The van der Waals surface area contributed by atoms with Crippen LogP contribution in [0.15, 0.2) is 0 Å². The highest BCUT2D eigenvalue weighted by Crippen LogP contribution is 2.39. The van der Waals surface area contributed by atoms with E-state index in [1.54, 1.807) is 27.7 Å². The lowest BCUT2D eigenvalue weighted by Crippen LogP contribution is -2.63. The van der Waals surface area contributed by atoms with Gasteiger partial charge in [-0.05, 0) is 18.3 Å². The molecule has 182 valence electrons. The molecule has 3 N–H and O–H groups in total. The van der Waals surface area contributed by atoms with Gasteiger partial charge in [0.2, 0.25) is 11.5 Å². The molecule has 0 aromatic rings. The topological polar surface area (TPSA) is 156 Å². The first kappa shape index (κ1) is 29.3. The van der Waals surface area contributed by atoms with E-state index in [-0.39, 0.29) is 31.2 Å². The normalized spacial score (nSPS) is 15.4. The minimum atomic E-state index is -4.05. The Morgan fingerprint density at radius 3 is 2.06 bits per heavy atom. The van der Waals surface area contributed by atoms with Crippen LogP contribution in [-0.4, -0.2) is 67.1 Å². The summed E-state index contributed by atoms with van der Waals surface area (Å²) in [5, 5.41) is 23.5. The first-order valence-corrected chi connectivity index (χ1v) is 11.8. The Hall–Kier alpha value is -1.72. The number of aliphatic hydroxyl groups is 1. The summed E-state index contributed by atoms with van der Waals surface area (Å²) in [5.74, 6) is -3.61. The number of carbonyl (C=O) groups excluding carboxylic acids is 2. The summed E-state index contributed by atoms with van der Waals surface area (Å²) in [6, 6.07) is 0. The first-order valence-electron chi connectivity index (χ1n) is 10.2. The molecule has 0 fully saturated rings. The third-order valence-corrected chi connectivity index (χ3v) is 6.02. The van der Waals surface area contributed by atoms with Gasteiger partial charge in [0, 0.05) is 25.3 Å². The molecule has 2 atom stereocenters. The van der Waals surface area contributed by atoms with E-state index in [0.717, 1.165) is 0 Å². The van der Waals surface area contributed by atoms with Gasteiger partial charge >= 0.3 is 11.9 Å². The molecule has 11 heteroatoms. The summed E-state index contributed by atoms with van der Waals surface area (Å²) < 4.78 is 34.7. The largest absolute Gasteiger partial charge is 0.479 e. The number of hydrogen-bond acceptors (Lipinski definition) is 8. The zero-order valence-corrected chi connectivity index (χ0v) is 20.2. The fourth-order valence-corrected chi connectivity index (χ4v) is 4.03. The molecule has 1 unspecified atom stereocenters. The van der Waals surface area contributed by atoms with Crippen molar-refractivity contribution in [3.05, 3.63) is 0 Å². The van der Waals surface area contributed by atoms with Gasteiger partial charge in [-0.1, -0.05) is 41.5 Å². The molecule has 0 aromatic carbocycles. The van der Waals surface area contributed by atoms with Crippen LogP contribution in [0.4, 0.5) is 0 Å². The van der Waals surface area contributed by atoms with E-state index < -0.39 is 57.5 Å². The molecule has 10 nitrogen and oxygen atoms in total. The smallest absolute Gasteiger partial charge is 0.340 e. The van der Waals surface area contributed by atoms with Crippen molar-refractivity contribution in [2.45, 2.75) is 73.0 Å². The number of amides is 1. The molecule has 0 radical (unpaired) electrons. The zero-order valence-electron chi connectivity index (χ0n) is 19.4. The monoisotopic (exact) mass is 467 g/mol. The molecule has 0 spiro atoms. The SMILES string of the molecule is CC(=O)NCCCS(=O)(=O)OCC(C)(C)[C@](O)(C(=O)O)C(OC(=O)CC(C)C)C(C)C. The molecular formula is C20H37NO9S. The fourth-order valence-electron chi connectivity index (χ4n) is 2.94. The van der Waals surface area contributed by atoms with Gasteiger partial charge in [-0.3, -0.25) is 13.8 Å². The van der Waals surface area contributed by atoms with E-state index >= 15 is 0 Å². The average molecular weight is 468 g/mol. The molecule has 0 saturated carbocycles. The van der Waals surface area contributed by atoms with E-state index in [2.05, 4.69) is 5.32 Å². The molecule has 0 aliphatic heterocycles. The van der Waals surface area contributed by atoms with Crippen LogP contribution in [0, 0.1) is 17.3 Å². The molecule has 0 bridgehead atoms. The highest BCUT2D eigenvalue weighted by atomic mass is 32.2. The standard InChI is InChI=1S/C20H37NO9S/c1-13(2)11-16(23)30-17(14(3)4)20(26,18(24)25)19(6,7)12-29-31(27,28)10-8-9-21-15(5)22/h13-14,17,26H,8-12H2,1-7H3,(H,21,22)(H,24,25)/t17?,20-/m1/s1. The molecule has 0 aliphatic rings. The molecule has 0 heterocycles. The van der Waals surface area contributed by atoms with Gasteiger partial charge in [0.15, 0.2) is 0 Å². The lowest BCUT2D eigenvalue weighted by molar-refractivity contribution is -0.214. The second kappa shape index (κ2) is 11.8. The van der Waals surface area contributed by atoms with Crippen LogP contribution in [-0.2, 0) is 33.4 Å². The number of rotatable bonds is 14. The van der Waals surface area contributed by atoms with Crippen molar-refractivity contribution >= 4 is 28.0 Å². The fraction of sp³-hybridized carbons (Fsp3) is 0.850. The Labute approximate surface area is 184 Å². The highest BCUT2D eigenvalue weighted by molar-refractivity contribution is 7.86. The lowest BCUT2D eigenvalue weighted by Gasteiger charge is -2.44. The Bertz CT molecular complexity index is 731. The van der Waals surface area contributed by atoms with Gasteiger partial charge in [-0.2, -0.15) is 8.42 Å². The van der Waals surface area contributed by atoms with Crippen LogP contribution in [0.2, 0.25) is 0 Å². The maximum absolute atomic E-state index is 12.2. The van der Waals surface area contributed by atoms with Gasteiger partial charge in [-0.25, -0.2) is 4.79 Å². The van der Waals surface area contributed by atoms with Gasteiger partial charge in [-0.15, -0.1) is 0 Å². The molecular weight excluding hydrogens is 430 g/mol. The van der Waals surface area contributed by atoms with Crippen LogP contribution in [0.25, 0.3) is 0 Å². The molecule has 0 aromatic heterocycles. The maximum Gasteiger partial charge on any atom is 0.340 e. The van der Waals surface area contributed by atoms with E-state index in [1.807, 2.05) is 0 Å². The van der Waals surface area contributed by atoms with Crippen molar-refractivity contribution in [1.29, 1.82) is 0 Å². The van der Waals surface area contributed by atoms with Crippen LogP contribution < -0.4 is 5.32 Å². The average Bonchev–Trinajstić information content (AvgIpc) is 2.60. The third-order valence-electron chi connectivity index (χ3n) is 4.75. The molecule has 0 aliphatic carbocycles. The van der Waals surface area contributed by atoms with E-state index in [1.165, 1.54) is 20.8 Å². The minimum absolute atomic E-state index is 0.0304. The summed E-state index contributed by atoms with van der Waals surface area (Å²) in [4.78, 5) is 35.2. The zero-order chi connectivity index (χ0) is 24.6. The van der Waals surface area contributed by atoms with E-state index in [9.17, 15) is 33.0 Å². The van der Waals surface area contributed by atoms with Crippen LogP contribution in [0.5, 0.6) is 0 Å². The molecule has 31 heavy (non-hydrogen) atoms. The second-order valence-corrected chi connectivity index (χ2v) is 10.8. The number of esters is 1. The van der Waals surface area contributed by atoms with Gasteiger partial charge in [0.05, 0.1) is 12.4 Å². The Morgan fingerprint density at radius 1 is 1.10 bits per heavy atom. The second-order valence-electron chi connectivity index (χ2n) is 9.07. The first-order chi connectivity index (χ1) is 14.0. The summed E-state index contributed by atoms with van der Waals surface area (Å²) >= 11 is 0. The number of hydrogen-bond donors (Lipinski definition) is 3. The molecule has 0 saturated heterocycles. The van der Waals surface area contributed by atoms with E-state index in [0.29, 0.717) is 0 Å². The van der Waals surface area contributed by atoms with Crippen molar-refractivity contribution in [2.75, 3.05) is 18.9 Å². The van der Waals surface area contributed by atoms with Gasteiger partial charge < -0.3 is 20.3 Å². The summed E-state index contributed by atoms with van der Waals surface area (Å²) in [6.07, 6.45) is -1.29.